The standard InChI is InChI=1S/C31H31NO3/c1-3-22-11-15-25(16-12-22)32-28-9-6-10-29(33)31(28)27(19-30(32)34)23-13-17-26(18-14-23)35-20-24-8-5-4-7-21(24)2/h4-5,7-8,11-18,27H,3,6,9-10,19-20H2,1-2H3. The van der Waals surface area contributed by atoms with Crippen LogP contribution in [0, 0.1) is 6.92 Å². The first kappa shape index (κ1) is 23.1. The molecule has 35 heavy (non-hydrogen) atoms. The minimum absolute atomic E-state index is 0.0487. The molecule has 4 heteroatoms. The molecule has 5 rings (SSSR count). The number of amides is 1. The molecule has 1 amide bonds. The van der Waals surface area contributed by atoms with E-state index in [1.807, 2.05) is 48.5 Å². The van der Waals surface area contributed by atoms with Crippen LogP contribution in [0.5, 0.6) is 5.75 Å². The fourth-order valence-electron chi connectivity index (χ4n) is 5.19. The highest BCUT2D eigenvalue weighted by molar-refractivity contribution is 6.07. The summed E-state index contributed by atoms with van der Waals surface area (Å²) < 4.78 is 6.00. The predicted octanol–water partition coefficient (Wildman–Crippen LogP) is 6.66. The van der Waals surface area contributed by atoms with Crippen molar-refractivity contribution in [1.29, 1.82) is 0 Å². The first-order chi connectivity index (χ1) is 17.0. The van der Waals surface area contributed by atoms with Gasteiger partial charge in [-0.2, -0.15) is 0 Å². The summed E-state index contributed by atoms with van der Waals surface area (Å²) in [6, 6.07) is 24.2. The minimum Gasteiger partial charge on any atom is -0.489 e. The summed E-state index contributed by atoms with van der Waals surface area (Å²) in [6.45, 7) is 4.70. The number of ketones is 1. The van der Waals surface area contributed by atoms with E-state index in [-0.39, 0.29) is 17.6 Å². The number of Topliss-reactive ketones (excluding diaryl/α,β-unsaturated/α-hetero) is 1. The van der Waals surface area contributed by atoms with Gasteiger partial charge in [0.1, 0.15) is 12.4 Å². The Labute approximate surface area is 207 Å². The van der Waals surface area contributed by atoms with Crippen molar-refractivity contribution in [2.75, 3.05) is 4.90 Å². The van der Waals surface area contributed by atoms with Crippen molar-refractivity contribution < 1.29 is 14.3 Å². The zero-order chi connectivity index (χ0) is 24.4. The van der Waals surface area contributed by atoms with Gasteiger partial charge in [-0.15, -0.1) is 0 Å². The molecule has 0 radical (unpaired) electrons. The van der Waals surface area contributed by atoms with Crippen LogP contribution in [0.2, 0.25) is 0 Å². The first-order valence-corrected chi connectivity index (χ1v) is 12.5. The summed E-state index contributed by atoms with van der Waals surface area (Å²) in [5.41, 5.74) is 7.13. The van der Waals surface area contributed by atoms with E-state index >= 15 is 0 Å². The molecule has 1 heterocycles. The van der Waals surface area contributed by atoms with Crippen molar-refractivity contribution in [3.8, 4) is 5.75 Å². The van der Waals surface area contributed by atoms with Crippen molar-refractivity contribution in [1.82, 2.24) is 0 Å². The monoisotopic (exact) mass is 465 g/mol. The number of hydrogen-bond acceptors (Lipinski definition) is 3. The molecule has 0 N–H and O–H groups in total. The maximum Gasteiger partial charge on any atom is 0.232 e. The fourth-order valence-corrected chi connectivity index (χ4v) is 5.19. The van der Waals surface area contributed by atoms with Gasteiger partial charge in [-0.1, -0.05) is 55.5 Å². The van der Waals surface area contributed by atoms with E-state index in [4.69, 9.17) is 4.74 Å². The molecule has 2 aliphatic rings. The van der Waals surface area contributed by atoms with E-state index in [1.54, 1.807) is 4.90 Å². The highest BCUT2D eigenvalue weighted by Gasteiger charge is 2.39. The van der Waals surface area contributed by atoms with Crippen LogP contribution in [0.1, 0.15) is 60.8 Å². The van der Waals surface area contributed by atoms with Crippen LogP contribution in [0.25, 0.3) is 0 Å². The van der Waals surface area contributed by atoms with Crippen LogP contribution in [0.4, 0.5) is 5.69 Å². The van der Waals surface area contributed by atoms with Gasteiger partial charge in [0.25, 0.3) is 0 Å². The topological polar surface area (TPSA) is 46.6 Å². The van der Waals surface area contributed by atoms with Crippen LogP contribution < -0.4 is 9.64 Å². The quantitative estimate of drug-likeness (QED) is 0.409. The van der Waals surface area contributed by atoms with E-state index < -0.39 is 0 Å². The highest BCUT2D eigenvalue weighted by atomic mass is 16.5. The van der Waals surface area contributed by atoms with Gasteiger partial charge < -0.3 is 4.74 Å². The summed E-state index contributed by atoms with van der Waals surface area (Å²) in [5.74, 6) is 0.786. The number of anilines is 1. The average molecular weight is 466 g/mol. The predicted molar refractivity (Wildman–Crippen MR) is 139 cm³/mol. The normalized spacial score (nSPS) is 18.0. The van der Waals surface area contributed by atoms with Crippen molar-refractivity contribution >= 4 is 17.4 Å². The SMILES string of the molecule is CCc1ccc(N2C(=O)CC(c3ccc(OCc4ccccc4C)cc3)C3=C2CCCC3=O)cc1. The molecular weight excluding hydrogens is 434 g/mol. The molecule has 0 spiro atoms. The minimum atomic E-state index is -0.207. The Morgan fingerprint density at radius 1 is 0.914 bits per heavy atom. The van der Waals surface area contributed by atoms with Crippen molar-refractivity contribution in [2.24, 2.45) is 0 Å². The Morgan fingerprint density at radius 2 is 1.66 bits per heavy atom. The number of carbonyl (C=O) groups excluding carboxylic acids is 2. The van der Waals surface area contributed by atoms with Gasteiger partial charge in [0.05, 0.1) is 0 Å². The summed E-state index contributed by atoms with van der Waals surface area (Å²) in [5, 5.41) is 0. The molecule has 1 aliphatic carbocycles. The lowest BCUT2D eigenvalue weighted by molar-refractivity contribution is -0.119. The van der Waals surface area contributed by atoms with E-state index in [9.17, 15) is 9.59 Å². The molecule has 0 saturated carbocycles. The number of allylic oxidation sites excluding steroid dienone is 2. The number of nitrogens with zero attached hydrogens (tertiary/aromatic N) is 1. The fraction of sp³-hybridized carbons (Fsp3) is 0.290. The van der Waals surface area contributed by atoms with Crippen LogP contribution in [0.3, 0.4) is 0 Å². The van der Waals surface area contributed by atoms with Gasteiger partial charge in [-0.3, -0.25) is 14.5 Å². The van der Waals surface area contributed by atoms with E-state index in [0.717, 1.165) is 53.1 Å². The molecule has 1 unspecified atom stereocenters. The molecule has 178 valence electrons. The molecule has 3 aromatic rings. The number of aryl methyl sites for hydroxylation is 2. The van der Waals surface area contributed by atoms with Gasteiger partial charge in [-0.05, 0) is 72.7 Å². The van der Waals surface area contributed by atoms with E-state index in [2.05, 4.69) is 38.1 Å². The molecule has 3 aromatic carbocycles. The molecule has 0 bridgehead atoms. The summed E-state index contributed by atoms with van der Waals surface area (Å²) in [7, 11) is 0. The van der Waals surface area contributed by atoms with Gasteiger partial charge in [0.2, 0.25) is 5.91 Å². The number of carbonyl (C=O) groups is 2. The van der Waals surface area contributed by atoms with Crippen molar-refractivity contribution in [2.45, 2.75) is 58.5 Å². The third-order valence-corrected chi connectivity index (χ3v) is 7.22. The molecule has 0 aromatic heterocycles. The maximum atomic E-state index is 13.4. The van der Waals surface area contributed by atoms with Crippen LogP contribution >= 0.6 is 0 Å². The van der Waals surface area contributed by atoms with Crippen LogP contribution in [-0.4, -0.2) is 11.7 Å². The average Bonchev–Trinajstić information content (AvgIpc) is 2.88. The molecule has 1 aliphatic heterocycles. The van der Waals surface area contributed by atoms with Crippen LogP contribution in [0.15, 0.2) is 84.1 Å². The zero-order valence-electron chi connectivity index (χ0n) is 20.4. The largest absolute Gasteiger partial charge is 0.489 e. The lowest BCUT2D eigenvalue weighted by atomic mass is 9.77. The molecule has 1 atom stereocenters. The van der Waals surface area contributed by atoms with Crippen LogP contribution in [-0.2, 0) is 22.6 Å². The third-order valence-electron chi connectivity index (χ3n) is 7.22. The highest BCUT2D eigenvalue weighted by Crippen LogP contribution is 2.43. The second-order valence-corrected chi connectivity index (χ2v) is 9.43. The van der Waals surface area contributed by atoms with Crippen molar-refractivity contribution in [3.63, 3.8) is 0 Å². The second kappa shape index (κ2) is 9.91. The Hall–Kier alpha value is -3.66. The third kappa shape index (κ3) is 4.66. The second-order valence-electron chi connectivity index (χ2n) is 9.43. The maximum absolute atomic E-state index is 13.4. The molecular formula is C31H31NO3. The summed E-state index contributed by atoms with van der Waals surface area (Å²) in [6.07, 6.45) is 3.32. The Balaban J connectivity index is 1.42. The Bertz CT molecular complexity index is 1270. The molecule has 0 saturated heterocycles. The molecule has 0 fully saturated rings. The van der Waals surface area contributed by atoms with Crippen molar-refractivity contribution in [3.05, 3.63) is 106 Å². The zero-order valence-corrected chi connectivity index (χ0v) is 20.4. The Kier molecular flexibility index (Phi) is 6.54. The van der Waals surface area contributed by atoms with Gasteiger partial charge in [0.15, 0.2) is 5.78 Å². The number of benzene rings is 3. The lowest BCUT2D eigenvalue weighted by Gasteiger charge is -2.38. The van der Waals surface area contributed by atoms with Gasteiger partial charge >= 0.3 is 0 Å². The van der Waals surface area contributed by atoms with Gasteiger partial charge in [0, 0.05) is 35.7 Å². The Morgan fingerprint density at radius 3 is 2.37 bits per heavy atom. The smallest absolute Gasteiger partial charge is 0.232 e. The number of ether oxygens (including phenoxy) is 1. The number of hydrogen-bond donors (Lipinski definition) is 0. The summed E-state index contributed by atoms with van der Waals surface area (Å²) in [4.78, 5) is 28.3. The first-order valence-electron chi connectivity index (χ1n) is 12.5. The molecule has 4 nitrogen and oxygen atoms in total. The summed E-state index contributed by atoms with van der Waals surface area (Å²) >= 11 is 0. The lowest BCUT2D eigenvalue weighted by Crippen LogP contribution is -2.40. The van der Waals surface area contributed by atoms with E-state index in [0.29, 0.717) is 19.4 Å². The number of rotatable bonds is 6. The van der Waals surface area contributed by atoms with Gasteiger partial charge in [-0.25, -0.2) is 0 Å². The van der Waals surface area contributed by atoms with E-state index in [1.165, 1.54) is 11.1 Å².